The van der Waals surface area contributed by atoms with Crippen molar-refractivity contribution < 1.29 is 13.9 Å². The second-order valence-corrected chi connectivity index (χ2v) is 4.30. The van der Waals surface area contributed by atoms with Crippen LogP contribution >= 0.6 is 0 Å². The van der Waals surface area contributed by atoms with Crippen LogP contribution in [0.4, 0.5) is 0 Å². The molecule has 0 unspecified atom stereocenters. The van der Waals surface area contributed by atoms with Gasteiger partial charge in [-0.05, 0) is 19.2 Å². The lowest BCUT2D eigenvalue weighted by atomic mass is 10.3. The number of oxazole rings is 1. The fraction of sp³-hybridized carbons (Fsp3) is 0.385. The molecule has 0 spiro atoms. The smallest absolute Gasteiger partial charge is 0.419 e. The number of fused-ring (bicyclic) bond motifs is 1. The summed E-state index contributed by atoms with van der Waals surface area (Å²) in [6, 6.07) is 7.26. The number of methoxy groups -OCH3 is 1. The van der Waals surface area contributed by atoms with Crippen LogP contribution in [0.15, 0.2) is 33.5 Å². The van der Waals surface area contributed by atoms with E-state index in [0.29, 0.717) is 18.7 Å². The van der Waals surface area contributed by atoms with Gasteiger partial charge in [-0.3, -0.25) is 14.3 Å². The summed E-state index contributed by atoms with van der Waals surface area (Å²) < 4.78 is 11.3. The number of esters is 1. The van der Waals surface area contributed by atoms with Crippen molar-refractivity contribution in [2.75, 3.05) is 27.2 Å². The van der Waals surface area contributed by atoms with Crippen LogP contribution in [0.25, 0.3) is 11.1 Å². The molecule has 0 aliphatic heterocycles. The summed E-state index contributed by atoms with van der Waals surface area (Å²) in [5.74, 6) is -0.681. The molecule has 19 heavy (non-hydrogen) atoms. The van der Waals surface area contributed by atoms with Gasteiger partial charge >= 0.3 is 11.7 Å². The molecule has 1 aromatic heterocycles. The fourth-order valence-corrected chi connectivity index (χ4v) is 1.86. The van der Waals surface area contributed by atoms with Crippen molar-refractivity contribution >= 4 is 17.1 Å². The van der Waals surface area contributed by atoms with Crippen molar-refractivity contribution in [2.24, 2.45) is 0 Å². The van der Waals surface area contributed by atoms with Crippen LogP contribution < -0.4 is 5.76 Å². The Kier molecular flexibility index (Phi) is 4.01. The first-order valence-electron chi connectivity index (χ1n) is 5.95. The number of ether oxygens (including phenoxy) is 1. The van der Waals surface area contributed by atoms with E-state index in [1.807, 2.05) is 18.2 Å². The monoisotopic (exact) mass is 264 g/mol. The molecule has 102 valence electrons. The summed E-state index contributed by atoms with van der Waals surface area (Å²) in [4.78, 5) is 24.6. The topological polar surface area (TPSA) is 64.7 Å². The molecule has 0 aliphatic carbocycles. The molecule has 6 nitrogen and oxygen atoms in total. The standard InChI is InChI=1S/C13H16N2O4/c1-14(9-12(16)18-2)7-8-15-10-5-3-4-6-11(10)19-13(15)17/h3-6H,7-9H2,1-2H3. The number of carbonyl (C=O) groups excluding carboxylic acids is 1. The van der Waals surface area contributed by atoms with E-state index in [1.165, 1.54) is 7.11 Å². The molecule has 0 fully saturated rings. The van der Waals surface area contributed by atoms with E-state index in [9.17, 15) is 9.59 Å². The second kappa shape index (κ2) is 5.71. The summed E-state index contributed by atoms with van der Waals surface area (Å²) in [5.41, 5.74) is 1.34. The van der Waals surface area contributed by atoms with Gasteiger partial charge < -0.3 is 9.15 Å². The summed E-state index contributed by atoms with van der Waals surface area (Å²) in [5, 5.41) is 0. The molecule has 0 radical (unpaired) electrons. The molecule has 0 N–H and O–H groups in total. The second-order valence-electron chi connectivity index (χ2n) is 4.30. The summed E-state index contributed by atoms with van der Waals surface area (Å²) >= 11 is 0. The number of aromatic nitrogens is 1. The molecule has 0 aliphatic rings. The maximum absolute atomic E-state index is 11.7. The molecular formula is C13H16N2O4. The van der Waals surface area contributed by atoms with Crippen LogP contribution in [0.3, 0.4) is 0 Å². The molecule has 0 amide bonds. The minimum Gasteiger partial charge on any atom is -0.468 e. The molecule has 0 saturated heterocycles. The van der Waals surface area contributed by atoms with E-state index in [1.54, 1.807) is 22.6 Å². The Balaban J connectivity index is 2.07. The molecule has 0 saturated carbocycles. The molecule has 6 heteroatoms. The summed E-state index contributed by atoms with van der Waals surface area (Å²) in [6.45, 7) is 1.21. The van der Waals surface area contributed by atoms with Gasteiger partial charge in [0.1, 0.15) is 0 Å². The van der Waals surface area contributed by atoms with Gasteiger partial charge in [0, 0.05) is 13.1 Å². The van der Waals surface area contributed by atoms with E-state index in [0.717, 1.165) is 5.52 Å². The van der Waals surface area contributed by atoms with Gasteiger partial charge in [-0.2, -0.15) is 0 Å². The number of para-hydroxylation sites is 2. The van der Waals surface area contributed by atoms with Crippen LogP contribution in [0, 0.1) is 0 Å². The lowest BCUT2D eigenvalue weighted by molar-refractivity contribution is -0.141. The van der Waals surface area contributed by atoms with Gasteiger partial charge in [0.2, 0.25) is 0 Å². The van der Waals surface area contributed by atoms with E-state index in [-0.39, 0.29) is 18.3 Å². The van der Waals surface area contributed by atoms with Gasteiger partial charge in [0.05, 0.1) is 19.2 Å². The normalized spacial score (nSPS) is 11.1. The van der Waals surface area contributed by atoms with E-state index < -0.39 is 0 Å². The predicted octanol–water partition coefficient (Wildman–Crippen LogP) is 0.699. The Morgan fingerprint density at radius 1 is 1.42 bits per heavy atom. The van der Waals surface area contributed by atoms with E-state index in [4.69, 9.17) is 4.42 Å². The quantitative estimate of drug-likeness (QED) is 0.744. The van der Waals surface area contributed by atoms with Crippen molar-refractivity contribution in [3.8, 4) is 0 Å². The van der Waals surface area contributed by atoms with E-state index in [2.05, 4.69) is 4.74 Å². The third kappa shape index (κ3) is 3.03. The van der Waals surface area contributed by atoms with Crippen LogP contribution in [-0.2, 0) is 16.1 Å². The molecular weight excluding hydrogens is 248 g/mol. The van der Waals surface area contributed by atoms with Crippen LogP contribution in [0.5, 0.6) is 0 Å². The number of nitrogens with zero attached hydrogens (tertiary/aromatic N) is 2. The maximum Gasteiger partial charge on any atom is 0.419 e. The lowest BCUT2D eigenvalue weighted by Gasteiger charge is -2.14. The lowest BCUT2D eigenvalue weighted by Crippen LogP contribution is -2.31. The third-order valence-electron chi connectivity index (χ3n) is 2.91. The van der Waals surface area contributed by atoms with E-state index >= 15 is 0 Å². The largest absolute Gasteiger partial charge is 0.468 e. The molecule has 0 atom stereocenters. The van der Waals surface area contributed by atoms with Crippen LogP contribution in [0.2, 0.25) is 0 Å². The average molecular weight is 264 g/mol. The first-order chi connectivity index (χ1) is 9.11. The molecule has 1 heterocycles. The number of benzene rings is 1. The Bertz CT molecular complexity index is 629. The van der Waals surface area contributed by atoms with Crippen molar-refractivity contribution in [3.05, 3.63) is 34.8 Å². The number of hydrogen-bond donors (Lipinski definition) is 0. The summed E-state index contributed by atoms with van der Waals surface area (Å²) in [7, 11) is 3.15. The third-order valence-corrected chi connectivity index (χ3v) is 2.91. The van der Waals surface area contributed by atoms with Crippen molar-refractivity contribution in [1.29, 1.82) is 0 Å². The Morgan fingerprint density at radius 3 is 2.89 bits per heavy atom. The number of rotatable bonds is 5. The molecule has 2 aromatic rings. The average Bonchev–Trinajstić information content (AvgIpc) is 2.71. The Labute approximate surface area is 110 Å². The van der Waals surface area contributed by atoms with Gasteiger partial charge in [-0.1, -0.05) is 12.1 Å². The minimum atomic E-state index is -0.382. The first-order valence-corrected chi connectivity index (χ1v) is 5.95. The van der Waals surface area contributed by atoms with Crippen LogP contribution in [-0.4, -0.2) is 42.7 Å². The number of likely N-dealkylation sites (N-methyl/N-ethyl adjacent to an activating group) is 1. The SMILES string of the molecule is COC(=O)CN(C)CCn1c(=O)oc2ccccc21. The highest BCUT2D eigenvalue weighted by Gasteiger charge is 2.10. The highest BCUT2D eigenvalue weighted by molar-refractivity contribution is 5.72. The molecule has 1 aromatic carbocycles. The predicted molar refractivity (Wildman–Crippen MR) is 70.0 cm³/mol. The maximum atomic E-state index is 11.7. The van der Waals surface area contributed by atoms with Gasteiger partial charge in [0.15, 0.2) is 5.58 Å². The Morgan fingerprint density at radius 2 is 2.16 bits per heavy atom. The van der Waals surface area contributed by atoms with Gasteiger partial charge in [-0.15, -0.1) is 0 Å². The fourth-order valence-electron chi connectivity index (χ4n) is 1.86. The van der Waals surface area contributed by atoms with Crippen molar-refractivity contribution in [3.63, 3.8) is 0 Å². The van der Waals surface area contributed by atoms with Crippen molar-refractivity contribution in [1.82, 2.24) is 9.47 Å². The van der Waals surface area contributed by atoms with Crippen molar-refractivity contribution in [2.45, 2.75) is 6.54 Å². The zero-order valence-corrected chi connectivity index (χ0v) is 11.0. The highest BCUT2D eigenvalue weighted by atomic mass is 16.5. The zero-order valence-electron chi connectivity index (χ0n) is 11.0. The minimum absolute atomic E-state index is 0.195. The first kappa shape index (κ1) is 13.4. The Hall–Kier alpha value is -2.08. The summed E-state index contributed by atoms with van der Waals surface area (Å²) in [6.07, 6.45) is 0. The van der Waals surface area contributed by atoms with Crippen LogP contribution in [0.1, 0.15) is 0 Å². The zero-order chi connectivity index (χ0) is 13.8. The highest BCUT2D eigenvalue weighted by Crippen LogP contribution is 2.11. The molecule has 2 rings (SSSR count). The van der Waals surface area contributed by atoms with Gasteiger partial charge in [0.25, 0.3) is 0 Å². The van der Waals surface area contributed by atoms with Gasteiger partial charge in [-0.25, -0.2) is 4.79 Å². The molecule has 0 bridgehead atoms. The number of carbonyl (C=O) groups is 1. The number of hydrogen-bond acceptors (Lipinski definition) is 5.